The van der Waals surface area contributed by atoms with Crippen LogP contribution in [0.2, 0.25) is 0 Å². The Bertz CT molecular complexity index is 314. The summed E-state index contributed by atoms with van der Waals surface area (Å²) in [4.78, 5) is 0. The molecule has 0 N–H and O–H groups in total. The van der Waals surface area contributed by atoms with Crippen molar-refractivity contribution in [3.05, 3.63) is 36.1 Å². The third-order valence-corrected chi connectivity index (χ3v) is 0.733. The van der Waals surface area contributed by atoms with Crippen molar-refractivity contribution >= 4 is 40.6 Å². The van der Waals surface area contributed by atoms with Crippen LogP contribution in [0.5, 0.6) is 0 Å². The van der Waals surface area contributed by atoms with Gasteiger partial charge in [0.1, 0.15) is 5.82 Å². The predicted molar refractivity (Wildman–Crippen MR) is 64.1 cm³/mol. The van der Waals surface area contributed by atoms with Crippen molar-refractivity contribution < 1.29 is 56.2 Å². The first-order chi connectivity index (χ1) is 9.39. The molecule has 0 spiro atoms. The van der Waals surface area contributed by atoms with Crippen LogP contribution < -0.4 is 0 Å². The van der Waals surface area contributed by atoms with Crippen molar-refractivity contribution in [1.82, 2.24) is 0 Å². The molecule has 134 valence electrons. The first kappa shape index (κ1) is 30.0. The molecule has 0 saturated heterocycles. The second-order valence-corrected chi connectivity index (χ2v) is 2.78. The number of hydrogen-bond acceptors (Lipinski definition) is 0. The van der Waals surface area contributed by atoms with E-state index >= 15 is 0 Å². The standard InChI is InChI=1S/C6H5F.3BF4.Li.H/c7-6-4-2-1-3-5-6;3*2-1(3,4)5;;/h1-5H;;;;;/q;3*-1;;. The molecule has 0 aromatic heterocycles. The minimum atomic E-state index is -6.00. The van der Waals surface area contributed by atoms with Gasteiger partial charge in [0.25, 0.3) is 0 Å². The molecule has 1 aromatic rings. The summed E-state index contributed by atoms with van der Waals surface area (Å²) in [6.07, 6.45) is 0. The Morgan fingerprint density at radius 1 is 0.478 bits per heavy atom. The second-order valence-electron chi connectivity index (χ2n) is 2.78. The van der Waals surface area contributed by atoms with Crippen molar-refractivity contribution in [2.24, 2.45) is 0 Å². The molecule has 0 aliphatic rings. The zero-order valence-electron chi connectivity index (χ0n) is 10.0. The molecule has 23 heavy (non-hydrogen) atoms. The summed E-state index contributed by atoms with van der Waals surface area (Å²) in [6.45, 7) is 0. The number of rotatable bonds is 0. The van der Waals surface area contributed by atoms with E-state index in [-0.39, 0.29) is 24.7 Å². The minimum absolute atomic E-state index is 0. The Balaban J connectivity index is -0.000000105. The van der Waals surface area contributed by atoms with Crippen LogP contribution in [0.1, 0.15) is 0 Å². The van der Waals surface area contributed by atoms with Gasteiger partial charge in [0.2, 0.25) is 0 Å². The van der Waals surface area contributed by atoms with Crippen LogP contribution in [-0.2, 0) is 0 Å². The normalized spacial score (nSPS) is 10.5. The van der Waals surface area contributed by atoms with E-state index in [1.807, 2.05) is 0 Å². The average Bonchev–Trinajstić information content (AvgIpc) is 2.09. The van der Waals surface area contributed by atoms with E-state index in [0.29, 0.717) is 0 Å². The molecule has 1 rings (SSSR count). The molecule has 0 unspecified atom stereocenters. The van der Waals surface area contributed by atoms with Crippen molar-refractivity contribution in [2.45, 2.75) is 0 Å². The molecule has 0 saturated carbocycles. The van der Waals surface area contributed by atoms with Crippen LogP contribution >= 0.6 is 0 Å². The van der Waals surface area contributed by atoms with Crippen molar-refractivity contribution in [1.29, 1.82) is 0 Å². The summed E-state index contributed by atoms with van der Waals surface area (Å²) in [5.74, 6) is -0.178. The number of benzene rings is 1. The quantitative estimate of drug-likeness (QED) is 0.445. The van der Waals surface area contributed by atoms with Gasteiger partial charge in [0, 0.05) is 0 Å². The Labute approximate surface area is 133 Å². The van der Waals surface area contributed by atoms with E-state index in [1.165, 1.54) is 12.1 Å². The van der Waals surface area contributed by atoms with Gasteiger partial charge in [-0.05, 0) is 12.1 Å². The third-order valence-electron chi connectivity index (χ3n) is 0.733. The van der Waals surface area contributed by atoms with E-state index in [1.54, 1.807) is 18.2 Å². The summed E-state index contributed by atoms with van der Waals surface area (Å²) in [5.41, 5.74) is 0. The van der Waals surface area contributed by atoms with E-state index in [4.69, 9.17) is 0 Å². The van der Waals surface area contributed by atoms with Crippen LogP contribution in [0.3, 0.4) is 0 Å². The summed E-state index contributed by atoms with van der Waals surface area (Å²) in [5, 5.41) is 0. The summed E-state index contributed by atoms with van der Waals surface area (Å²) >= 11 is 0. The predicted octanol–water partition coefficient (Wildman–Crippen LogP) is 5.08. The van der Waals surface area contributed by atoms with Crippen molar-refractivity contribution in [2.75, 3.05) is 0 Å². The van der Waals surface area contributed by atoms with Gasteiger partial charge < -0.3 is 51.8 Å². The fourth-order valence-electron chi connectivity index (χ4n) is 0.415. The van der Waals surface area contributed by atoms with Gasteiger partial charge in [-0.15, -0.1) is 0 Å². The summed E-state index contributed by atoms with van der Waals surface area (Å²) in [7, 11) is -18.0. The molecule has 0 amide bonds. The van der Waals surface area contributed by atoms with Crippen LogP contribution in [0.4, 0.5) is 56.2 Å². The SMILES string of the molecule is F[B-](F)(F)F.F[B-](F)(F)F.F[B-](F)(F)F.Fc1ccccc1.[LiH]. The summed E-state index contributed by atoms with van der Waals surface area (Å²) in [6, 6.07) is 7.94. The van der Waals surface area contributed by atoms with Crippen LogP contribution in [0.25, 0.3) is 0 Å². The van der Waals surface area contributed by atoms with E-state index in [9.17, 15) is 56.2 Å². The van der Waals surface area contributed by atoms with Gasteiger partial charge >= 0.3 is 40.6 Å². The number of hydrogen-bond donors (Lipinski definition) is 0. The molecular formula is C6H6B3F13Li-3. The van der Waals surface area contributed by atoms with Gasteiger partial charge in [-0.3, -0.25) is 0 Å². The maximum absolute atomic E-state index is 11.9. The number of halogens is 13. The Kier molecular flexibility index (Phi) is 17.7. The molecule has 0 aliphatic heterocycles. The summed E-state index contributed by atoms with van der Waals surface area (Å²) < 4.78 is 129. The van der Waals surface area contributed by atoms with Crippen LogP contribution in [0, 0.1) is 5.82 Å². The molecule has 0 nitrogen and oxygen atoms in total. The first-order valence-electron chi connectivity index (χ1n) is 4.72. The van der Waals surface area contributed by atoms with Crippen LogP contribution in [-0.4, -0.2) is 40.6 Å². The third kappa shape index (κ3) is 153. The maximum atomic E-state index is 11.9. The molecule has 0 bridgehead atoms. The van der Waals surface area contributed by atoms with E-state index < -0.39 is 21.8 Å². The van der Waals surface area contributed by atoms with Crippen LogP contribution in [0.15, 0.2) is 30.3 Å². The molecule has 0 radical (unpaired) electrons. The second kappa shape index (κ2) is 13.5. The first-order valence-corrected chi connectivity index (χ1v) is 4.72. The van der Waals surface area contributed by atoms with Crippen molar-refractivity contribution in [3.63, 3.8) is 0 Å². The molecule has 0 aliphatic carbocycles. The molecule has 17 heteroatoms. The molecular weight excluding hydrogens is 358 g/mol. The zero-order chi connectivity index (χ0) is 18.6. The fourth-order valence-corrected chi connectivity index (χ4v) is 0.415. The van der Waals surface area contributed by atoms with Gasteiger partial charge in [0.05, 0.1) is 0 Å². The monoisotopic (exact) mass is 365 g/mol. The Morgan fingerprint density at radius 2 is 0.652 bits per heavy atom. The van der Waals surface area contributed by atoms with Gasteiger partial charge in [-0.25, -0.2) is 4.39 Å². The fraction of sp³-hybridized carbons (Fsp3) is 0. The van der Waals surface area contributed by atoms with Gasteiger partial charge in [-0.1, -0.05) is 18.2 Å². The molecule has 1 aromatic carbocycles. The average molecular weight is 364 g/mol. The van der Waals surface area contributed by atoms with E-state index in [0.717, 1.165) is 0 Å². The van der Waals surface area contributed by atoms with E-state index in [2.05, 4.69) is 0 Å². The van der Waals surface area contributed by atoms with Gasteiger partial charge in [-0.2, -0.15) is 0 Å². The van der Waals surface area contributed by atoms with Gasteiger partial charge in [0.15, 0.2) is 0 Å². The molecule has 0 heterocycles. The molecule has 0 fully saturated rings. The topological polar surface area (TPSA) is 0 Å². The zero-order valence-corrected chi connectivity index (χ0v) is 10.0. The Hall–Kier alpha value is -0.898. The Morgan fingerprint density at radius 3 is 0.739 bits per heavy atom. The molecule has 0 atom stereocenters. The van der Waals surface area contributed by atoms with Crippen molar-refractivity contribution in [3.8, 4) is 0 Å².